The molecule has 0 saturated heterocycles. The van der Waals surface area contributed by atoms with Crippen LogP contribution >= 0.6 is 0 Å². The molecule has 0 aliphatic heterocycles. The van der Waals surface area contributed by atoms with E-state index < -0.39 is 17.9 Å². The number of rotatable bonds is 3. The Balaban J connectivity index is 1.84. The lowest BCUT2D eigenvalue weighted by molar-refractivity contribution is -0.136. The van der Waals surface area contributed by atoms with Gasteiger partial charge in [0.2, 0.25) is 0 Å². The second kappa shape index (κ2) is 6.67. The molecule has 2 atom stereocenters. The summed E-state index contributed by atoms with van der Waals surface area (Å²) in [5, 5.41) is 14.6. The highest BCUT2D eigenvalue weighted by Crippen LogP contribution is 2.24. The van der Waals surface area contributed by atoms with Gasteiger partial charge < -0.3 is 15.7 Å². The van der Waals surface area contributed by atoms with Crippen LogP contribution in [0.1, 0.15) is 24.8 Å². The summed E-state index contributed by atoms with van der Waals surface area (Å²) in [7, 11) is 0. The van der Waals surface area contributed by atoms with Gasteiger partial charge in [-0.2, -0.15) is 0 Å². The Morgan fingerprint density at radius 1 is 1.33 bits per heavy atom. The monoisotopic (exact) mass is 294 g/mol. The fraction of sp³-hybridized carbons (Fsp3) is 0.467. The third kappa shape index (κ3) is 4.01. The molecule has 6 heteroatoms. The molecule has 0 radical (unpaired) electrons. The average Bonchev–Trinajstić information content (AvgIpc) is 2.85. The minimum atomic E-state index is -0.798. The number of amides is 2. The molecular weight excluding hydrogens is 275 g/mol. The van der Waals surface area contributed by atoms with E-state index in [-0.39, 0.29) is 18.3 Å². The Hall–Kier alpha value is -1.95. The van der Waals surface area contributed by atoms with Crippen LogP contribution in [0.15, 0.2) is 18.2 Å². The Labute approximate surface area is 122 Å². The molecule has 1 fully saturated rings. The van der Waals surface area contributed by atoms with E-state index in [1.807, 2.05) is 0 Å². The highest BCUT2D eigenvalue weighted by molar-refractivity contribution is 6.39. The van der Waals surface area contributed by atoms with Crippen molar-refractivity contribution in [2.24, 2.45) is 5.92 Å². The van der Waals surface area contributed by atoms with Crippen LogP contribution in [0.3, 0.4) is 0 Å². The van der Waals surface area contributed by atoms with E-state index in [2.05, 4.69) is 10.6 Å². The molecule has 2 amide bonds. The van der Waals surface area contributed by atoms with Crippen molar-refractivity contribution in [3.63, 3.8) is 0 Å². The maximum atomic E-state index is 13.1. The van der Waals surface area contributed by atoms with Crippen LogP contribution in [0, 0.1) is 18.7 Å². The minimum absolute atomic E-state index is 0.00909. The lowest BCUT2D eigenvalue weighted by atomic mass is 10.1. The van der Waals surface area contributed by atoms with Gasteiger partial charge >= 0.3 is 11.8 Å². The molecule has 0 bridgehead atoms. The van der Waals surface area contributed by atoms with E-state index in [9.17, 15) is 19.1 Å². The van der Waals surface area contributed by atoms with Crippen LogP contribution < -0.4 is 10.6 Å². The summed E-state index contributed by atoms with van der Waals surface area (Å²) in [6.07, 6.45) is 2.11. The van der Waals surface area contributed by atoms with Gasteiger partial charge in [-0.25, -0.2) is 4.39 Å². The van der Waals surface area contributed by atoms with Crippen LogP contribution in [0.5, 0.6) is 0 Å². The first-order chi connectivity index (χ1) is 9.97. The molecule has 0 aromatic heterocycles. The molecule has 0 spiro atoms. The number of aliphatic hydroxyl groups excluding tert-OH is 1. The lowest BCUT2D eigenvalue weighted by Gasteiger charge is -2.14. The van der Waals surface area contributed by atoms with Crippen LogP contribution in [0.25, 0.3) is 0 Å². The largest absolute Gasteiger partial charge is 0.393 e. The van der Waals surface area contributed by atoms with Crippen molar-refractivity contribution >= 4 is 17.5 Å². The lowest BCUT2D eigenvalue weighted by Crippen LogP contribution is -2.39. The van der Waals surface area contributed by atoms with Gasteiger partial charge in [0.15, 0.2) is 0 Å². The van der Waals surface area contributed by atoms with Gasteiger partial charge in [0, 0.05) is 18.2 Å². The van der Waals surface area contributed by atoms with E-state index in [1.165, 1.54) is 18.2 Å². The Kier molecular flexibility index (Phi) is 4.90. The van der Waals surface area contributed by atoms with Crippen molar-refractivity contribution in [2.75, 3.05) is 11.9 Å². The summed E-state index contributed by atoms with van der Waals surface area (Å²) in [6.45, 7) is 1.86. The van der Waals surface area contributed by atoms with Crippen molar-refractivity contribution in [3.05, 3.63) is 29.6 Å². The second-order valence-corrected chi connectivity index (χ2v) is 5.39. The second-order valence-electron chi connectivity index (χ2n) is 5.39. The fourth-order valence-corrected chi connectivity index (χ4v) is 2.47. The van der Waals surface area contributed by atoms with Gasteiger partial charge in [-0.1, -0.05) is 6.42 Å². The first-order valence-electron chi connectivity index (χ1n) is 7.01. The number of carbonyl (C=O) groups excluding carboxylic acids is 2. The van der Waals surface area contributed by atoms with Gasteiger partial charge in [0.25, 0.3) is 0 Å². The van der Waals surface area contributed by atoms with E-state index in [0.29, 0.717) is 11.3 Å². The summed E-state index contributed by atoms with van der Waals surface area (Å²) in [5.74, 6) is -1.91. The van der Waals surface area contributed by atoms with Crippen LogP contribution in [0.2, 0.25) is 0 Å². The van der Waals surface area contributed by atoms with Gasteiger partial charge in [-0.05, 0) is 43.5 Å². The summed E-state index contributed by atoms with van der Waals surface area (Å²) in [5.41, 5.74) is 0.761. The van der Waals surface area contributed by atoms with Gasteiger partial charge in [-0.15, -0.1) is 0 Å². The van der Waals surface area contributed by atoms with Crippen molar-refractivity contribution in [1.82, 2.24) is 5.32 Å². The normalized spacial score (nSPS) is 21.1. The minimum Gasteiger partial charge on any atom is -0.393 e. The van der Waals surface area contributed by atoms with E-state index >= 15 is 0 Å². The molecular formula is C15H19FN2O3. The molecule has 1 aromatic carbocycles. The topological polar surface area (TPSA) is 78.4 Å². The average molecular weight is 294 g/mol. The van der Waals surface area contributed by atoms with E-state index in [4.69, 9.17) is 0 Å². The SMILES string of the molecule is Cc1cc(NC(=O)C(=O)NCC2CCCC2O)ccc1F. The third-order valence-corrected chi connectivity index (χ3v) is 3.77. The molecule has 2 rings (SSSR count). The zero-order chi connectivity index (χ0) is 15.4. The molecule has 1 aliphatic rings. The molecule has 5 nitrogen and oxygen atoms in total. The van der Waals surface area contributed by atoms with Crippen LogP contribution in [-0.4, -0.2) is 29.6 Å². The zero-order valence-electron chi connectivity index (χ0n) is 11.9. The zero-order valence-corrected chi connectivity index (χ0v) is 11.9. The van der Waals surface area contributed by atoms with E-state index in [1.54, 1.807) is 6.92 Å². The molecule has 3 N–H and O–H groups in total. The number of halogens is 1. The molecule has 1 aromatic rings. The highest BCUT2D eigenvalue weighted by Gasteiger charge is 2.26. The molecule has 2 unspecified atom stereocenters. The third-order valence-electron chi connectivity index (χ3n) is 3.77. The van der Waals surface area contributed by atoms with Crippen molar-refractivity contribution < 1.29 is 19.1 Å². The van der Waals surface area contributed by atoms with Gasteiger partial charge in [0.05, 0.1) is 6.10 Å². The maximum absolute atomic E-state index is 13.1. The van der Waals surface area contributed by atoms with Crippen LogP contribution in [-0.2, 0) is 9.59 Å². The predicted octanol–water partition coefficient (Wildman–Crippen LogP) is 1.35. The first kappa shape index (κ1) is 15.4. The molecule has 114 valence electrons. The number of hydrogen-bond donors (Lipinski definition) is 3. The number of carbonyl (C=O) groups is 2. The smallest absolute Gasteiger partial charge is 0.313 e. The van der Waals surface area contributed by atoms with Crippen molar-refractivity contribution in [1.29, 1.82) is 0 Å². The molecule has 1 aliphatic carbocycles. The predicted molar refractivity (Wildman–Crippen MR) is 76.1 cm³/mol. The summed E-state index contributed by atoms with van der Waals surface area (Å²) >= 11 is 0. The number of aliphatic hydroxyl groups is 1. The first-order valence-corrected chi connectivity index (χ1v) is 7.01. The number of aryl methyl sites for hydroxylation is 1. The molecule has 21 heavy (non-hydrogen) atoms. The molecule has 1 saturated carbocycles. The number of benzene rings is 1. The maximum Gasteiger partial charge on any atom is 0.313 e. The van der Waals surface area contributed by atoms with E-state index in [0.717, 1.165) is 19.3 Å². The number of anilines is 1. The number of nitrogens with one attached hydrogen (secondary N) is 2. The number of hydrogen-bond acceptors (Lipinski definition) is 3. The summed E-state index contributed by atoms with van der Waals surface area (Å²) < 4.78 is 13.1. The van der Waals surface area contributed by atoms with Gasteiger partial charge in [-0.3, -0.25) is 9.59 Å². The Bertz CT molecular complexity index is 548. The fourth-order valence-electron chi connectivity index (χ4n) is 2.47. The summed E-state index contributed by atoms with van der Waals surface area (Å²) in [4.78, 5) is 23.4. The van der Waals surface area contributed by atoms with Crippen LogP contribution in [0.4, 0.5) is 10.1 Å². The quantitative estimate of drug-likeness (QED) is 0.736. The standard InChI is InChI=1S/C15H19FN2O3/c1-9-7-11(5-6-12(9)16)18-15(21)14(20)17-8-10-3-2-4-13(10)19/h5-7,10,13,19H,2-4,8H2,1H3,(H,17,20)(H,18,21). The Morgan fingerprint density at radius 3 is 2.71 bits per heavy atom. The van der Waals surface area contributed by atoms with Gasteiger partial charge in [0.1, 0.15) is 5.82 Å². The van der Waals surface area contributed by atoms with Crippen molar-refractivity contribution in [3.8, 4) is 0 Å². The summed E-state index contributed by atoms with van der Waals surface area (Å²) in [6, 6.07) is 4.09. The van der Waals surface area contributed by atoms with Crippen molar-refractivity contribution in [2.45, 2.75) is 32.3 Å². The molecule has 0 heterocycles. The Morgan fingerprint density at radius 2 is 2.10 bits per heavy atom. The highest BCUT2D eigenvalue weighted by atomic mass is 19.1.